The topological polar surface area (TPSA) is 49.4 Å². The molecular formula is C13H14ClFN2O2. The lowest BCUT2D eigenvalue weighted by Gasteiger charge is -2.34. The van der Waals surface area contributed by atoms with Gasteiger partial charge in [0.15, 0.2) is 0 Å². The van der Waals surface area contributed by atoms with Crippen molar-refractivity contribution < 1.29 is 14.0 Å². The van der Waals surface area contributed by atoms with Crippen molar-refractivity contribution in [3.05, 3.63) is 34.6 Å². The number of hydrogen-bond donors (Lipinski definition) is 1. The number of hydrogen-bond acceptors (Lipinski definition) is 2. The molecule has 1 aromatic carbocycles. The van der Waals surface area contributed by atoms with Crippen molar-refractivity contribution in [2.75, 3.05) is 13.1 Å². The van der Waals surface area contributed by atoms with Crippen molar-refractivity contribution in [1.82, 2.24) is 10.2 Å². The molecular weight excluding hydrogens is 271 g/mol. The van der Waals surface area contributed by atoms with E-state index in [1.807, 2.05) is 6.92 Å². The molecule has 0 aliphatic carbocycles. The Morgan fingerprint density at radius 3 is 3.00 bits per heavy atom. The van der Waals surface area contributed by atoms with E-state index in [1.165, 1.54) is 23.1 Å². The Kier molecular flexibility index (Phi) is 4.04. The molecule has 1 aliphatic heterocycles. The third-order valence-electron chi connectivity index (χ3n) is 3.16. The Balaban J connectivity index is 2.32. The standard InChI is InChI=1S/C13H14ClFN2O2/c1-2-10-12(18)16-6-7-17(10)13(19)8-4-3-5-9(15)11(8)14/h3-5,10H,2,6-7H2,1H3,(H,16,18). The highest BCUT2D eigenvalue weighted by molar-refractivity contribution is 6.34. The molecule has 0 spiro atoms. The molecule has 6 heteroatoms. The molecule has 1 atom stereocenters. The minimum Gasteiger partial charge on any atom is -0.353 e. The minimum atomic E-state index is -0.637. The van der Waals surface area contributed by atoms with Crippen LogP contribution in [0.3, 0.4) is 0 Å². The zero-order valence-electron chi connectivity index (χ0n) is 10.5. The summed E-state index contributed by atoms with van der Waals surface area (Å²) in [6.45, 7) is 2.62. The fourth-order valence-electron chi connectivity index (χ4n) is 2.19. The summed E-state index contributed by atoms with van der Waals surface area (Å²) in [7, 11) is 0. The highest BCUT2D eigenvalue weighted by Gasteiger charge is 2.33. The van der Waals surface area contributed by atoms with Gasteiger partial charge < -0.3 is 10.2 Å². The lowest BCUT2D eigenvalue weighted by Crippen LogP contribution is -2.56. The second kappa shape index (κ2) is 5.57. The van der Waals surface area contributed by atoms with Gasteiger partial charge in [0.1, 0.15) is 11.9 Å². The van der Waals surface area contributed by atoms with Crippen LogP contribution < -0.4 is 5.32 Å². The van der Waals surface area contributed by atoms with Gasteiger partial charge in [-0.1, -0.05) is 24.6 Å². The molecule has 4 nitrogen and oxygen atoms in total. The maximum atomic E-state index is 13.4. The molecule has 2 amide bonds. The molecule has 1 unspecified atom stereocenters. The third-order valence-corrected chi connectivity index (χ3v) is 3.54. The van der Waals surface area contributed by atoms with Crippen LogP contribution in [0.2, 0.25) is 5.02 Å². The molecule has 0 aromatic heterocycles. The van der Waals surface area contributed by atoms with Crippen LogP contribution in [-0.4, -0.2) is 35.8 Å². The summed E-state index contributed by atoms with van der Waals surface area (Å²) in [5, 5.41) is 2.50. The molecule has 1 aromatic rings. The lowest BCUT2D eigenvalue weighted by atomic mass is 10.1. The number of halogens is 2. The number of benzene rings is 1. The SMILES string of the molecule is CCC1C(=O)NCCN1C(=O)c1cccc(F)c1Cl. The first-order valence-corrected chi connectivity index (χ1v) is 6.46. The largest absolute Gasteiger partial charge is 0.353 e. The summed E-state index contributed by atoms with van der Waals surface area (Å²) < 4.78 is 13.4. The van der Waals surface area contributed by atoms with E-state index < -0.39 is 17.8 Å². The van der Waals surface area contributed by atoms with Crippen molar-refractivity contribution in [3.63, 3.8) is 0 Å². The van der Waals surface area contributed by atoms with Gasteiger partial charge in [0, 0.05) is 13.1 Å². The van der Waals surface area contributed by atoms with Crippen LogP contribution in [-0.2, 0) is 4.79 Å². The fraction of sp³-hybridized carbons (Fsp3) is 0.385. The lowest BCUT2D eigenvalue weighted by molar-refractivity contribution is -0.127. The molecule has 1 saturated heterocycles. The number of carbonyl (C=O) groups excluding carboxylic acids is 2. The molecule has 1 N–H and O–H groups in total. The van der Waals surface area contributed by atoms with Crippen molar-refractivity contribution in [3.8, 4) is 0 Å². The summed E-state index contributed by atoms with van der Waals surface area (Å²) in [6.07, 6.45) is 0.504. The zero-order valence-corrected chi connectivity index (χ0v) is 11.2. The van der Waals surface area contributed by atoms with E-state index >= 15 is 0 Å². The van der Waals surface area contributed by atoms with Gasteiger partial charge in [-0.3, -0.25) is 9.59 Å². The van der Waals surface area contributed by atoms with Gasteiger partial charge in [-0.15, -0.1) is 0 Å². The summed E-state index contributed by atoms with van der Waals surface area (Å²) in [5.74, 6) is -1.23. The van der Waals surface area contributed by atoms with Gasteiger partial charge in [0.2, 0.25) is 5.91 Å². The fourth-order valence-corrected chi connectivity index (χ4v) is 2.39. The molecule has 0 bridgehead atoms. The summed E-state index contributed by atoms with van der Waals surface area (Å²) in [6, 6.07) is 3.56. The first kappa shape index (κ1) is 13.8. The summed E-state index contributed by atoms with van der Waals surface area (Å²) in [4.78, 5) is 25.5. The van der Waals surface area contributed by atoms with Crippen molar-refractivity contribution in [1.29, 1.82) is 0 Å². The van der Waals surface area contributed by atoms with Gasteiger partial charge >= 0.3 is 0 Å². The molecule has 1 fully saturated rings. The highest BCUT2D eigenvalue weighted by atomic mass is 35.5. The van der Waals surface area contributed by atoms with Crippen LogP contribution in [0.1, 0.15) is 23.7 Å². The summed E-state index contributed by atoms with van der Waals surface area (Å²) >= 11 is 5.81. The number of nitrogens with one attached hydrogen (secondary N) is 1. The number of amides is 2. The Morgan fingerprint density at radius 2 is 2.32 bits per heavy atom. The van der Waals surface area contributed by atoms with Crippen LogP contribution in [0, 0.1) is 5.82 Å². The van der Waals surface area contributed by atoms with E-state index in [2.05, 4.69) is 5.32 Å². The predicted molar refractivity (Wildman–Crippen MR) is 69.5 cm³/mol. The Bertz CT molecular complexity index is 521. The van der Waals surface area contributed by atoms with Crippen molar-refractivity contribution in [2.24, 2.45) is 0 Å². The van der Waals surface area contributed by atoms with Crippen LogP contribution in [0.4, 0.5) is 4.39 Å². The Morgan fingerprint density at radius 1 is 1.58 bits per heavy atom. The Labute approximate surface area is 115 Å². The van der Waals surface area contributed by atoms with Gasteiger partial charge in [-0.05, 0) is 18.6 Å². The molecule has 0 saturated carbocycles. The maximum Gasteiger partial charge on any atom is 0.256 e. The monoisotopic (exact) mass is 284 g/mol. The molecule has 0 radical (unpaired) electrons. The van der Waals surface area contributed by atoms with E-state index in [0.29, 0.717) is 19.5 Å². The molecule has 102 valence electrons. The van der Waals surface area contributed by atoms with E-state index in [0.717, 1.165) is 0 Å². The summed E-state index contributed by atoms with van der Waals surface area (Å²) in [5.41, 5.74) is 0.0924. The van der Waals surface area contributed by atoms with E-state index in [9.17, 15) is 14.0 Å². The molecule has 19 heavy (non-hydrogen) atoms. The van der Waals surface area contributed by atoms with Crippen LogP contribution >= 0.6 is 11.6 Å². The van der Waals surface area contributed by atoms with Crippen molar-refractivity contribution in [2.45, 2.75) is 19.4 Å². The van der Waals surface area contributed by atoms with E-state index in [1.54, 1.807) is 0 Å². The third kappa shape index (κ3) is 2.56. The number of rotatable bonds is 2. The van der Waals surface area contributed by atoms with Crippen LogP contribution in [0.25, 0.3) is 0 Å². The quantitative estimate of drug-likeness (QED) is 0.901. The zero-order chi connectivity index (χ0) is 14.0. The second-order valence-electron chi connectivity index (χ2n) is 4.31. The van der Waals surface area contributed by atoms with Gasteiger partial charge in [-0.2, -0.15) is 0 Å². The minimum absolute atomic E-state index is 0.0924. The van der Waals surface area contributed by atoms with Crippen LogP contribution in [0.15, 0.2) is 18.2 Å². The van der Waals surface area contributed by atoms with E-state index in [-0.39, 0.29) is 16.5 Å². The molecule has 1 aliphatic rings. The molecule has 2 rings (SSSR count). The number of nitrogens with zero attached hydrogens (tertiary/aromatic N) is 1. The smallest absolute Gasteiger partial charge is 0.256 e. The highest BCUT2D eigenvalue weighted by Crippen LogP contribution is 2.23. The average molecular weight is 285 g/mol. The Hall–Kier alpha value is -1.62. The van der Waals surface area contributed by atoms with Gasteiger partial charge in [0.25, 0.3) is 5.91 Å². The number of carbonyl (C=O) groups is 2. The maximum absolute atomic E-state index is 13.4. The normalized spacial score (nSPS) is 19.2. The second-order valence-corrected chi connectivity index (χ2v) is 4.69. The first-order valence-electron chi connectivity index (χ1n) is 6.09. The van der Waals surface area contributed by atoms with E-state index in [4.69, 9.17) is 11.6 Å². The predicted octanol–water partition coefficient (Wildman–Crippen LogP) is 1.83. The number of piperazine rings is 1. The first-order chi connectivity index (χ1) is 9.06. The van der Waals surface area contributed by atoms with Crippen molar-refractivity contribution >= 4 is 23.4 Å². The molecule has 1 heterocycles. The van der Waals surface area contributed by atoms with Gasteiger partial charge in [0.05, 0.1) is 10.6 Å². The average Bonchev–Trinajstić information content (AvgIpc) is 2.41. The van der Waals surface area contributed by atoms with Gasteiger partial charge in [-0.25, -0.2) is 4.39 Å². The van der Waals surface area contributed by atoms with Crippen LogP contribution in [0.5, 0.6) is 0 Å².